The summed E-state index contributed by atoms with van der Waals surface area (Å²) in [5.41, 5.74) is 0.719. The van der Waals surface area contributed by atoms with Gasteiger partial charge >= 0.3 is 0 Å². The van der Waals surface area contributed by atoms with Crippen LogP contribution in [-0.4, -0.2) is 55.9 Å². The predicted octanol–water partition coefficient (Wildman–Crippen LogP) is 0.813. The number of nitrogens with one attached hydrogen (secondary N) is 1. The maximum Gasteiger partial charge on any atom is 0.280 e. The highest BCUT2D eigenvalue weighted by atomic mass is 32.2. The Labute approximate surface area is 138 Å². The van der Waals surface area contributed by atoms with Crippen molar-refractivity contribution in [1.82, 2.24) is 14.0 Å². The Morgan fingerprint density at radius 2 is 1.74 bits per heavy atom. The summed E-state index contributed by atoms with van der Waals surface area (Å²) in [6.07, 6.45) is 0. The number of hydrogen-bond donors (Lipinski definition) is 1. The molecule has 7 nitrogen and oxygen atoms in total. The third-order valence-corrected chi connectivity index (χ3v) is 5.93. The van der Waals surface area contributed by atoms with Gasteiger partial charge in [-0.3, -0.25) is 4.79 Å². The number of amides is 1. The molecule has 1 saturated heterocycles. The number of para-hydroxylation sites is 1. The second-order valence-corrected chi connectivity index (χ2v) is 7.19. The zero-order chi connectivity index (χ0) is 17.2. The average molecular weight is 340 g/mol. The normalized spacial score (nSPS) is 23.0. The van der Waals surface area contributed by atoms with Crippen molar-refractivity contribution in [3.63, 3.8) is 0 Å². The van der Waals surface area contributed by atoms with E-state index >= 15 is 0 Å². The van der Waals surface area contributed by atoms with Gasteiger partial charge in [0.15, 0.2) is 0 Å². The van der Waals surface area contributed by atoms with Crippen LogP contribution in [0, 0.1) is 0 Å². The quantitative estimate of drug-likeness (QED) is 0.832. The molecule has 1 amide bonds. The summed E-state index contributed by atoms with van der Waals surface area (Å²) >= 11 is 0. The molecule has 1 aliphatic heterocycles. The molecule has 1 N–H and O–H groups in total. The molecular formula is C15H24N4O3S. The van der Waals surface area contributed by atoms with Gasteiger partial charge in [0.1, 0.15) is 6.04 Å². The van der Waals surface area contributed by atoms with Crippen LogP contribution in [0.4, 0.5) is 5.69 Å². The van der Waals surface area contributed by atoms with Gasteiger partial charge in [-0.1, -0.05) is 32.0 Å². The van der Waals surface area contributed by atoms with Crippen molar-refractivity contribution in [3.05, 3.63) is 30.3 Å². The predicted molar refractivity (Wildman–Crippen MR) is 89.9 cm³/mol. The van der Waals surface area contributed by atoms with Gasteiger partial charge in [-0.25, -0.2) is 10.0 Å². The number of carbonyl (C=O) groups excluding carboxylic acids is 1. The Hall–Kier alpha value is -1.48. The summed E-state index contributed by atoms with van der Waals surface area (Å²) in [6, 6.07) is 8.10. The summed E-state index contributed by atoms with van der Waals surface area (Å²) in [5.74, 6) is -0.276. The number of hydrazine groups is 1. The van der Waals surface area contributed by atoms with E-state index in [1.165, 1.54) is 9.31 Å². The van der Waals surface area contributed by atoms with E-state index in [2.05, 4.69) is 4.72 Å². The van der Waals surface area contributed by atoms with Gasteiger partial charge in [0.05, 0.1) is 11.7 Å². The Morgan fingerprint density at radius 3 is 2.26 bits per heavy atom. The van der Waals surface area contributed by atoms with Crippen molar-refractivity contribution >= 4 is 21.8 Å². The SMILES string of the molecule is CCN(CC)S(=O)(=O)NC1C(=O)N(c2ccccc2)N(C)C1C. The van der Waals surface area contributed by atoms with Crippen molar-refractivity contribution in [3.8, 4) is 0 Å². The van der Waals surface area contributed by atoms with Crippen molar-refractivity contribution < 1.29 is 13.2 Å². The molecule has 2 rings (SSSR count). The molecule has 128 valence electrons. The maximum atomic E-state index is 12.7. The highest BCUT2D eigenvalue weighted by molar-refractivity contribution is 7.87. The molecule has 1 fully saturated rings. The number of hydrogen-bond acceptors (Lipinski definition) is 4. The number of nitrogens with zero attached hydrogens (tertiary/aromatic N) is 3. The minimum absolute atomic E-state index is 0.276. The Balaban J connectivity index is 2.26. The van der Waals surface area contributed by atoms with E-state index in [9.17, 15) is 13.2 Å². The highest BCUT2D eigenvalue weighted by Gasteiger charge is 2.45. The average Bonchev–Trinajstić information content (AvgIpc) is 2.72. The van der Waals surface area contributed by atoms with E-state index < -0.39 is 16.3 Å². The van der Waals surface area contributed by atoms with Crippen LogP contribution in [0.2, 0.25) is 0 Å². The van der Waals surface area contributed by atoms with E-state index in [-0.39, 0.29) is 11.9 Å². The fourth-order valence-electron chi connectivity index (χ4n) is 2.72. The second kappa shape index (κ2) is 6.96. The molecule has 0 spiro atoms. The molecule has 2 unspecified atom stereocenters. The van der Waals surface area contributed by atoms with Gasteiger partial charge in [0.25, 0.3) is 16.1 Å². The Morgan fingerprint density at radius 1 is 1.17 bits per heavy atom. The van der Waals surface area contributed by atoms with E-state index in [1.54, 1.807) is 25.9 Å². The van der Waals surface area contributed by atoms with Crippen molar-refractivity contribution in [2.75, 3.05) is 25.1 Å². The summed E-state index contributed by atoms with van der Waals surface area (Å²) < 4.78 is 28.7. The Kier molecular flexibility index (Phi) is 5.41. The molecule has 0 bridgehead atoms. The monoisotopic (exact) mass is 340 g/mol. The lowest BCUT2D eigenvalue weighted by molar-refractivity contribution is -0.119. The molecule has 0 aliphatic carbocycles. The number of carbonyl (C=O) groups is 1. The standard InChI is InChI=1S/C15H24N4O3S/c1-5-18(6-2)23(21,22)16-14-12(3)17(4)19(15(14)20)13-10-8-7-9-11-13/h7-12,14,16H,5-6H2,1-4H3. The summed E-state index contributed by atoms with van der Waals surface area (Å²) in [5, 5.41) is 3.27. The molecular weight excluding hydrogens is 316 g/mol. The van der Waals surface area contributed by atoms with Gasteiger partial charge in [-0.05, 0) is 19.1 Å². The lowest BCUT2D eigenvalue weighted by Crippen LogP contribution is -2.51. The molecule has 0 aromatic heterocycles. The van der Waals surface area contributed by atoms with Gasteiger partial charge in [0, 0.05) is 20.1 Å². The molecule has 0 radical (unpaired) electrons. The minimum Gasteiger partial charge on any atom is -0.271 e. The van der Waals surface area contributed by atoms with Crippen molar-refractivity contribution in [2.45, 2.75) is 32.9 Å². The number of anilines is 1. The third-order valence-electron chi connectivity index (χ3n) is 4.18. The number of likely N-dealkylation sites (N-methyl/N-ethyl adjacent to an activating group) is 1. The second-order valence-electron chi connectivity index (χ2n) is 5.48. The van der Waals surface area contributed by atoms with Crippen LogP contribution in [0.15, 0.2) is 30.3 Å². The van der Waals surface area contributed by atoms with Crippen LogP contribution >= 0.6 is 0 Å². The zero-order valence-corrected chi connectivity index (χ0v) is 14.7. The summed E-state index contributed by atoms with van der Waals surface area (Å²) in [6.45, 7) is 6.09. The molecule has 1 aromatic rings. The zero-order valence-electron chi connectivity index (χ0n) is 13.9. The first kappa shape index (κ1) is 17.9. The Bertz CT molecular complexity index is 646. The molecule has 0 saturated carbocycles. The number of benzene rings is 1. The summed E-state index contributed by atoms with van der Waals surface area (Å²) in [7, 11) is -1.91. The van der Waals surface area contributed by atoms with Crippen LogP contribution in [0.5, 0.6) is 0 Å². The van der Waals surface area contributed by atoms with Gasteiger partial charge < -0.3 is 0 Å². The smallest absolute Gasteiger partial charge is 0.271 e. The van der Waals surface area contributed by atoms with Crippen LogP contribution in [0.1, 0.15) is 20.8 Å². The van der Waals surface area contributed by atoms with Crippen LogP contribution in [-0.2, 0) is 15.0 Å². The first-order valence-electron chi connectivity index (χ1n) is 7.72. The van der Waals surface area contributed by atoms with Crippen LogP contribution in [0.25, 0.3) is 0 Å². The number of rotatable bonds is 6. The van der Waals surface area contributed by atoms with E-state index in [1.807, 2.05) is 37.3 Å². The lowest BCUT2D eigenvalue weighted by Gasteiger charge is -2.26. The van der Waals surface area contributed by atoms with Gasteiger partial charge in [-0.2, -0.15) is 17.4 Å². The first-order valence-corrected chi connectivity index (χ1v) is 9.16. The molecule has 1 heterocycles. The fourth-order valence-corrected chi connectivity index (χ4v) is 4.16. The van der Waals surface area contributed by atoms with Gasteiger partial charge in [0.2, 0.25) is 0 Å². The molecule has 2 atom stereocenters. The molecule has 8 heteroatoms. The topological polar surface area (TPSA) is 73.0 Å². The van der Waals surface area contributed by atoms with Crippen molar-refractivity contribution in [2.24, 2.45) is 0 Å². The fraction of sp³-hybridized carbons (Fsp3) is 0.533. The van der Waals surface area contributed by atoms with Crippen molar-refractivity contribution in [1.29, 1.82) is 0 Å². The lowest BCUT2D eigenvalue weighted by atomic mass is 10.2. The van der Waals surface area contributed by atoms with Crippen LogP contribution < -0.4 is 9.73 Å². The minimum atomic E-state index is -3.69. The van der Waals surface area contributed by atoms with E-state index in [0.717, 1.165) is 5.69 Å². The molecule has 1 aromatic carbocycles. The largest absolute Gasteiger partial charge is 0.280 e. The molecule has 23 heavy (non-hydrogen) atoms. The van der Waals surface area contributed by atoms with E-state index in [0.29, 0.717) is 13.1 Å². The van der Waals surface area contributed by atoms with E-state index in [4.69, 9.17) is 0 Å². The maximum absolute atomic E-state index is 12.7. The van der Waals surface area contributed by atoms with Gasteiger partial charge in [-0.15, -0.1) is 0 Å². The third kappa shape index (κ3) is 3.40. The van der Waals surface area contributed by atoms with Crippen LogP contribution in [0.3, 0.4) is 0 Å². The highest BCUT2D eigenvalue weighted by Crippen LogP contribution is 2.26. The first-order chi connectivity index (χ1) is 10.8. The molecule has 1 aliphatic rings. The summed E-state index contributed by atoms with van der Waals surface area (Å²) in [4.78, 5) is 12.7.